The maximum Gasteiger partial charge on any atom is 0.332 e. The summed E-state index contributed by atoms with van der Waals surface area (Å²) in [7, 11) is -2.36. The molecule has 0 amide bonds. The number of hydrogen-bond donors (Lipinski definition) is 0. The number of hydrogen-bond acceptors (Lipinski definition) is 6. The summed E-state index contributed by atoms with van der Waals surface area (Å²) in [6, 6.07) is 6.47. The van der Waals surface area contributed by atoms with Crippen LogP contribution >= 0.6 is 8.60 Å². The first kappa shape index (κ1) is 31.6. The molecule has 31 heavy (non-hydrogen) atoms. The standard InChI is InChI=1S/C14H18N2O2Si.C6H15O3P.C2H6/c1-19(2,3)12-8-4-7-11-15-13-9-5-6-10-14(13)16(17)18;1-4-7-10(8-5-2)9-6-3;1-2/h5-6,9-11H,4,7H2,1-3H3;4-6H2,1-3H3;1-2H3. The molecule has 0 bridgehead atoms. The lowest BCUT2D eigenvalue weighted by Gasteiger charge is -2.12. The van der Waals surface area contributed by atoms with E-state index in [2.05, 4.69) is 36.1 Å². The molecule has 0 aliphatic heterocycles. The quantitative estimate of drug-likeness (QED) is 0.0681. The van der Waals surface area contributed by atoms with E-state index in [1.54, 1.807) is 24.4 Å². The number of para-hydroxylation sites is 2. The van der Waals surface area contributed by atoms with Crippen LogP contribution in [0.1, 0.15) is 47.5 Å². The zero-order valence-corrected chi connectivity index (χ0v) is 22.2. The molecule has 0 unspecified atom stereocenters. The summed E-state index contributed by atoms with van der Waals surface area (Å²) >= 11 is 0. The highest BCUT2D eigenvalue weighted by Crippen LogP contribution is 2.38. The Balaban J connectivity index is 0. The zero-order valence-electron chi connectivity index (χ0n) is 20.3. The van der Waals surface area contributed by atoms with Gasteiger partial charge in [-0.3, -0.25) is 15.1 Å². The number of rotatable bonds is 10. The van der Waals surface area contributed by atoms with Crippen LogP contribution in [0.2, 0.25) is 19.6 Å². The predicted octanol–water partition coefficient (Wildman–Crippen LogP) is 7.31. The first-order valence-electron chi connectivity index (χ1n) is 10.7. The minimum atomic E-state index is -1.30. The van der Waals surface area contributed by atoms with Gasteiger partial charge in [-0.25, -0.2) is 0 Å². The van der Waals surface area contributed by atoms with Gasteiger partial charge in [-0.1, -0.05) is 45.6 Å². The molecular formula is C22H39N2O5PSi. The van der Waals surface area contributed by atoms with Crippen LogP contribution in [0.3, 0.4) is 0 Å². The van der Waals surface area contributed by atoms with Crippen LogP contribution in [-0.4, -0.2) is 39.0 Å². The second-order valence-corrected chi connectivity index (χ2v) is 12.6. The van der Waals surface area contributed by atoms with E-state index in [4.69, 9.17) is 13.6 Å². The third-order valence-corrected chi connectivity index (χ3v) is 5.21. The van der Waals surface area contributed by atoms with Crippen LogP contribution in [0.4, 0.5) is 11.4 Å². The van der Waals surface area contributed by atoms with Gasteiger partial charge < -0.3 is 13.6 Å². The Morgan fingerprint density at radius 2 is 1.58 bits per heavy atom. The largest absolute Gasteiger partial charge is 0.332 e. The van der Waals surface area contributed by atoms with Crippen molar-refractivity contribution >= 4 is 34.3 Å². The fourth-order valence-corrected chi connectivity index (χ4v) is 3.29. The number of aliphatic imine (C=N–C) groups is 1. The molecule has 7 nitrogen and oxygen atoms in total. The molecule has 0 heterocycles. The van der Waals surface area contributed by atoms with Crippen molar-refractivity contribution in [2.75, 3.05) is 19.8 Å². The van der Waals surface area contributed by atoms with Gasteiger partial charge in [0, 0.05) is 18.7 Å². The van der Waals surface area contributed by atoms with E-state index in [0.717, 1.165) is 6.42 Å². The van der Waals surface area contributed by atoms with Crippen molar-refractivity contribution in [1.29, 1.82) is 0 Å². The Morgan fingerprint density at radius 1 is 1.06 bits per heavy atom. The topological polar surface area (TPSA) is 83.2 Å². The molecule has 9 heteroatoms. The van der Waals surface area contributed by atoms with Gasteiger partial charge in [0.05, 0.1) is 24.7 Å². The van der Waals surface area contributed by atoms with E-state index in [1.165, 1.54) is 6.07 Å². The monoisotopic (exact) mass is 470 g/mol. The first-order valence-corrected chi connectivity index (χ1v) is 15.3. The van der Waals surface area contributed by atoms with Crippen molar-refractivity contribution in [3.8, 4) is 11.5 Å². The summed E-state index contributed by atoms with van der Waals surface area (Å²) < 4.78 is 15.4. The summed E-state index contributed by atoms with van der Waals surface area (Å²) in [5.74, 6) is 3.14. The molecule has 0 spiro atoms. The molecule has 176 valence electrons. The van der Waals surface area contributed by atoms with Gasteiger partial charge in [0.25, 0.3) is 5.69 Å². The molecule has 0 aliphatic rings. The van der Waals surface area contributed by atoms with Crippen molar-refractivity contribution in [3.05, 3.63) is 34.4 Å². The van der Waals surface area contributed by atoms with Crippen molar-refractivity contribution in [2.45, 2.75) is 67.1 Å². The van der Waals surface area contributed by atoms with Crippen molar-refractivity contribution < 1.29 is 18.5 Å². The van der Waals surface area contributed by atoms with Crippen LogP contribution < -0.4 is 0 Å². The average Bonchev–Trinajstić information content (AvgIpc) is 2.72. The van der Waals surface area contributed by atoms with Crippen molar-refractivity contribution in [1.82, 2.24) is 0 Å². The minimum absolute atomic E-state index is 0.0342. The summed E-state index contributed by atoms with van der Waals surface area (Å²) in [6.45, 7) is 18.3. The van der Waals surface area contributed by atoms with E-state index in [1.807, 2.05) is 34.6 Å². The average molecular weight is 471 g/mol. The van der Waals surface area contributed by atoms with Crippen LogP contribution in [0.15, 0.2) is 29.3 Å². The minimum Gasteiger partial charge on any atom is -0.313 e. The summed E-state index contributed by atoms with van der Waals surface area (Å²) in [4.78, 5) is 14.5. The fourth-order valence-electron chi connectivity index (χ4n) is 1.78. The zero-order chi connectivity index (χ0) is 24.1. The summed E-state index contributed by atoms with van der Waals surface area (Å²) in [6.07, 6.45) is 3.15. The summed E-state index contributed by atoms with van der Waals surface area (Å²) in [5, 5.41) is 10.8. The molecule has 0 atom stereocenters. The van der Waals surface area contributed by atoms with Crippen LogP contribution in [0.25, 0.3) is 0 Å². The van der Waals surface area contributed by atoms with Gasteiger partial charge >= 0.3 is 8.60 Å². The second kappa shape index (κ2) is 20.3. The molecule has 0 saturated carbocycles. The van der Waals surface area contributed by atoms with Gasteiger partial charge in [0.2, 0.25) is 0 Å². The number of nitro groups is 1. The van der Waals surface area contributed by atoms with Gasteiger partial charge in [-0.2, -0.15) is 0 Å². The van der Waals surface area contributed by atoms with E-state index in [0.29, 0.717) is 31.9 Å². The van der Waals surface area contributed by atoms with Gasteiger partial charge in [0.15, 0.2) is 0 Å². The maximum absolute atomic E-state index is 10.8. The second-order valence-electron chi connectivity index (χ2n) is 6.62. The highest BCUT2D eigenvalue weighted by Gasteiger charge is 2.10. The Bertz CT molecular complexity index is 670. The predicted molar refractivity (Wildman–Crippen MR) is 135 cm³/mol. The number of nitrogens with zero attached hydrogens (tertiary/aromatic N) is 2. The number of benzene rings is 1. The van der Waals surface area contributed by atoms with Gasteiger partial charge in [0.1, 0.15) is 13.8 Å². The lowest BCUT2D eigenvalue weighted by atomic mass is 10.3. The van der Waals surface area contributed by atoms with Crippen molar-refractivity contribution in [3.63, 3.8) is 0 Å². The molecule has 0 saturated heterocycles. The molecule has 0 aromatic heterocycles. The van der Waals surface area contributed by atoms with Gasteiger partial charge in [-0.15, -0.1) is 11.5 Å². The number of nitro benzene ring substituents is 1. The smallest absolute Gasteiger partial charge is 0.313 e. The van der Waals surface area contributed by atoms with Crippen LogP contribution in [0.5, 0.6) is 0 Å². The molecule has 0 fully saturated rings. The van der Waals surface area contributed by atoms with Crippen LogP contribution in [-0.2, 0) is 13.6 Å². The van der Waals surface area contributed by atoms with Gasteiger partial charge in [-0.05, 0) is 33.3 Å². The van der Waals surface area contributed by atoms with E-state index in [9.17, 15) is 10.1 Å². The molecule has 0 N–H and O–H groups in total. The molecule has 0 radical (unpaired) electrons. The highest BCUT2D eigenvalue weighted by atomic mass is 31.2. The lowest BCUT2D eigenvalue weighted by Crippen LogP contribution is -2.16. The Hall–Kier alpha value is -1.62. The number of unbranched alkanes of at least 4 members (excludes halogenated alkanes) is 1. The lowest BCUT2D eigenvalue weighted by molar-refractivity contribution is -0.384. The highest BCUT2D eigenvalue weighted by molar-refractivity contribution is 7.41. The SMILES string of the molecule is CC.CCOP(OCC)OCC.C[Si](C)(C)C#CCCC=Nc1ccccc1[N+](=O)[O-]. The van der Waals surface area contributed by atoms with E-state index >= 15 is 0 Å². The molecule has 1 rings (SSSR count). The Kier molecular flexibility index (Phi) is 20.7. The third kappa shape index (κ3) is 18.8. The normalized spacial score (nSPS) is 10.5. The van der Waals surface area contributed by atoms with E-state index in [-0.39, 0.29) is 5.69 Å². The Morgan fingerprint density at radius 3 is 2.03 bits per heavy atom. The molecule has 0 aliphatic carbocycles. The summed E-state index contributed by atoms with van der Waals surface area (Å²) in [5.41, 5.74) is 3.70. The molecule has 1 aromatic rings. The molecular weight excluding hydrogens is 431 g/mol. The van der Waals surface area contributed by atoms with Crippen LogP contribution in [0, 0.1) is 21.6 Å². The third-order valence-electron chi connectivity index (χ3n) is 2.87. The van der Waals surface area contributed by atoms with Crippen molar-refractivity contribution in [2.24, 2.45) is 4.99 Å². The Labute approximate surface area is 190 Å². The fraction of sp³-hybridized carbons (Fsp3) is 0.591. The van der Waals surface area contributed by atoms with E-state index < -0.39 is 21.6 Å². The first-order chi connectivity index (χ1) is 14.7. The maximum atomic E-state index is 10.8. The molecule has 1 aromatic carbocycles.